The monoisotopic (exact) mass is 351 g/mol. The molecule has 1 aromatic carbocycles. The van der Waals surface area contributed by atoms with Gasteiger partial charge >= 0.3 is 0 Å². The Kier molecular flexibility index (Phi) is 6.32. The smallest absolute Gasteiger partial charge is 0.224 e. The lowest BCUT2D eigenvalue weighted by Gasteiger charge is -2.31. The molecule has 0 aromatic heterocycles. The van der Waals surface area contributed by atoms with Crippen LogP contribution >= 0.6 is 0 Å². The van der Waals surface area contributed by atoms with Gasteiger partial charge in [0.15, 0.2) is 0 Å². The molecule has 1 aromatic rings. The first-order valence-electron chi connectivity index (χ1n) is 9.17. The van der Waals surface area contributed by atoms with Gasteiger partial charge in [-0.05, 0) is 43.1 Å². The summed E-state index contributed by atoms with van der Waals surface area (Å²) in [6, 6.07) is 7.71. The van der Waals surface area contributed by atoms with Gasteiger partial charge in [0.2, 0.25) is 5.91 Å². The van der Waals surface area contributed by atoms with Gasteiger partial charge in [0.1, 0.15) is 11.5 Å². The van der Waals surface area contributed by atoms with Crippen LogP contribution in [0.1, 0.15) is 53.0 Å². The normalized spacial score (nSPS) is 19.4. The van der Waals surface area contributed by atoms with Crippen LogP contribution in [0.15, 0.2) is 47.7 Å². The van der Waals surface area contributed by atoms with Crippen molar-refractivity contribution in [3.63, 3.8) is 0 Å². The lowest BCUT2D eigenvalue weighted by molar-refractivity contribution is -0.135. The summed E-state index contributed by atoms with van der Waals surface area (Å²) in [5.74, 6) is 4.28. The molecular weight excluding hydrogens is 322 g/mol. The number of allylic oxidation sites excluding steroid dienone is 3. The number of nitrogens with zero attached hydrogens (tertiary/aromatic N) is 1. The molecule has 0 saturated carbocycles. The van der Waals surface area contributed by atoms with Crippen molar-refractivity contribution < 1.29 is 9.53 Å². The molecule has 0 saturated heterocycles. The van der Waals surface area contributed by atoms with E-state index in [9.17, 15) is 4.79 Å². The van der Waals surface area contributed by atoms with E-state index in [-0.39, 0.29) is 17.4 Å². The van der Waals surface area contributed by atoms with Crippen molar-refractivity contribution in [2.75, 3.05) is 0 Å². The molecule has 1 heterocycles. The van der Waals surface area contributed by atoms with Crippen molar-refractivity contribution in [1.29, 1.82) is 0 Å². The molecule has 0 radical (unpaired) electrons. The molecule has 0 N–H and O–H groups in total. The minimum absolute atomic E-state index is 0.0205. The zero-order valence-electron chi connectivity index (χ0n) is 16.5. The molecule has 0 aliphatic carbocycles. The summed E-state index contributed by atoms with van der Waals surface area (Å²) in [7, 11) is 0. The van der Waals surface area contributed by atoms with Crippen LogP contribution in [0, 0.1) is 17.8 Å². The molecule has 0 fully saturated rings. The van der Waals surface area contributed by atoms with E-state index >= 15 is 0 Å². The van der Waals surface area contributed by atoms with Crippen LogP contribution in [0.2, 0.25) is 0 Å². The molecule has 1 aliphatic rings. The molecule has 138 valence electrons. The molecule has 2 rings (SSSR count). The zero-order chi connectivity index (χ0) is 19.3. The second-order valence-electron chi connectivity index (χ2n) is 7.66. The molecule has 1 unspecified atom stereocenters. The summed E-state index contributed by atoms with van der Waals surface area (Å²) in [5.41, 5.74) is 1.81. The predicted octanol–water partition coefficient (Wildman–Crippen LogP) is 5.09. The largest absolute Gasteiger partial charge is 0.459 e. The first kappa shape index (κ1) is 19.8. The Bertz CT molecular complexity index is 765. The highest BCUT2D eigenvalue weighted by atomic mass is 16.5. The lowest BCUT2D eigenvalue weighted by Crippen LogP contribution is -2.40. The van der Waals surface area contributed by atoms with Crippen LogP contribution in [0.5, 0.6) is 5.75 Å². The lowest BCUT2D eigenvalue weighted by atomic mass is 9.86. The number of rotatable bonds is 4. The Labute approximate surface area is 157 Å². The van der Waals surface area contributed by atoms with E-state index < -0.39 is 0 Å². The van der Waals surface area contributed by atoms with E-state index in [2.05, 4.69) is 26.7 Å². The van der Waals surface area contributed by atoms with Crippen molar-refractivity contribution in [3.05, 3.63) is 53.3 Å². The van der Waals surface area contributed by atoms with E-state index in [1.165, 1.54) is 0 Å². The van der Waals surface area contributed by atoms with Crippen LogP contribution in [-0.2, 0) is 11.3 Å². The van der Waals surface area contributed by atoms with E-state index in [1.807, 2.05) is 55.2 Å². The van der Waals surface area contributed by atoms with Gasteiger partial charge in [0.25, 0.3) is 0 Å². The maximum atomic E-state index is 13.1. The molecule has 1 aliphatic heterocycles. The Morgan fingerprint density at radius 1 is 1.42 bits per heavy atom. The summed E-state index contributed by atoms with van der Waals surface area (Å²) < 4.78 is 6.15. The van der Waals surface area contributed by atoms with Crippen LogP contribution < -0.4 is 4.74 Å². The third-order valence-corrected chi connectivity index (χ3v) is 5.05. The number of ether oxygens (including phenoxy) is 1. The molecular formula is C23H29NO2. The van der Waals surface area contributed by atoms with Crippen molar-refractivity contribution >= 4 is 5.91 Å². The number of terminal acetylenes is 1. The van der Waals surface area contributed by atoms with E-state index in [4.69, 9.17) is 11.2 Å². The fraction of sp³-hybridized carbons (Fsp3) is 0.435. The molecule has 0 bridgehead atoms. The van der Waals surface area contributed by atoms with Crippen LogP contribution in [0.3, 0.4) is 0 Å². The summed E-state index contributed by atoms with van der Waals surface area (Å²) >= 11 is 0. The van der Waals surface area contributed by atoms with E-state index in [0.717, 1.165) is 29.1 Å². The van der Waals surface area contributed by atoms with Gasteiger partial charge in [-0.15, -0.1) is 6.42 Å². The van der Waals surface area contributed by atoms with Crippen LogP contribution in [0.25, 0.3) is 0 Å². The fourth-order valence-corrected chi connectivity index (χ4v) is 2.79. The molecule has 3 heteroatoms. The fourth-order valence-electron chi connectivity index (χ4n) is 2.79. The second-order valence-corrected chi connectivity index (χ2v) is 7.66. The predicted molar refractivity (Wildman–Crippen MR) is 106 cm³/mol. The minimum atomic E-state index is -0.163. The number of benzene rings is 1. The highest BCUT2D eigenvalue weighted by molar-refractivity contribution is 5.78. The zero-order valence-corrected chi connectivity index (χ0v) is 16.5. The highest BCUT2D eigenvalue weighted by Crippen LogP contribution is 2.32. The number of amides is 1. The summed E-state index contributed by atoms with van der Waals surface area (Å²) in [6.07, 6.45) is 10.7. The second kappa shape index (κ2) is 8.27. The first-order chi connectivity index (χ1) is 12.3. The van der Waals surface area contributed by atoms with E-state index in [1.54, 1.807) is 0 Å². The van der Waals surface area contributed by atoms with Crippen LogP contribution in [-0.4, -0.2) is 16.8 Å². The maximum Gasteiger partial charge on any atom is 0.224 e. The number of carbonyl (C=O) groups excluding carboxylic acids is 1. The Balaban J connectivity index is 2.41. The van der Waals surface area contributed by atoms with Crippen molar-refractivity contribution in [2.24, 2.45) is 5.41 Å². The quantitative estimate of drug-likeness (QED) is 0.708. The molecule has 1 amide bonds. The first-order valence-corrected chi connectivity index (χ1v) is 9.17. The van der Waals surface area contributed by atoms with Gasteiger partial charge in [-0.25, -0.2) is 0 Å². The minimum Gasteiger partial charge on any atom is -0.459 e. The van der Waals surface area contributed by atoms with Crippen LogP contribution in [0.4, 0.5) is 0 Å². The van der Waals surface area contributed by atoms with Crippen molar-refractivity contribution in [2.45, 2.75) is 60.0 Å². The van der Waals surface area contributed by atoms with Gasteiger partial charge in [0.05, 0.1) is 12.6 Å². The Hall–Kier alpha value is -2.47. The summed E-state index contributed by atoms with van der Waals surface area (Å²) in [6.45, 7) is 10.8. The summed E-state index contributed by atoms with van der Waals surface area (Å²) in [4.78, 5) is 15.0. The molecule has 0 spiro atoms. The Morgan fingerprint density at radius 3 is 2.77 bits per heavy atom. The SMILES string of the molecule is C#C/C(C)=C\C=C1\Oc2ccccc2CN(C(=O)CC(C)(C)CC)C1C. The number of carbonyl (C=O) groups is 1. The third kappa shape index (κ3) is 4.79. The average molecular weight is 351 g/mol. The van der Waals surface area contributed by atoms with E-state index in [0.29, 0.717) is 13.0 Å². The van der Waals surface area contributed by atoms with Gasteiger partial charge in [-0.2, -0.15) is 0 Å². The van der Waals surface area contributed by atoms with Gasteiger partial charge in [0, 0.05) is 12.0 Å². The topological polar surface area (TPSA) is 29.5 Å². The van der Waals surface area contributed by atoms with Crippen molar-refractivity contribution in [3.8, 4) is 18.1 Å². The summed E-state index contributed by atoms with van der Waals surface area (Å²) in [5, 5.41) is 0. The van der Waals surface area contributed by atoms with Gasteiger partial charge in [-0.1, -0.05) is 51.3 Å². The van der Waals surface area contributed by atoms with Gasteiger partial charge < -0.3 is 9.64 Å². The number of hydrogen-bond acceptors (Lipinski definition) is 2. The maximum absolute atomic E-state index is 13.1. The third-order valence-electron chi connectivity index (χ3n) is 5.05. The molecule has 3 nitrogen and oxygen atoms in total. The molecule has 1 atom stereocenters. The number of hydrogen-bond donors (Lipinski definition) is 0. The molecule has 26 heavy (non-hydrogen) atoms. The Morgan fingerprint density at radius 2 is 2.12 bits per heavy atom. The average Bonchev–Trinajstić information content (AvgIpc) is 2.76. The number of fused-ring (bicyclic) bond motifs is 1. The number of para-hydroxylation sites is 1. The van der Waals surface area contributed by atoms with Gasteiger partial charge in [-0.3, -0.25) is 4.79 Å². The highest BCUT2D eigenvalue weighted by Gasteiger charge is 2.31. The van der Waals surface area contributed by atoms with Crippen molar-refractivity contribution in [1.82, 2.24) is 4.90 Å². The standard InChI is InChI=1S/C23H29NO2/c1-7-17(3)13-14-20-18(4)24(22(25)15-23(5,6)8-2)16-19-11-9-10-12-21(19)26-20/h1,9-14,18H,8,15-16H2,2-6H3/b17-13-,20-14+.